The maximum Gasteiger partial charge on any atom is 0.416 e. The second kappa shape index (κ2) is 12.4. The second-order valence-corrected chi connectivity index (χ2v) is 11.5. The number of amides is 2. The number of aromatic nitrogens is 1. The normalized spacial score (nSPS) is 15.4. The Hall–Kier alpha value is -4.69. The molecule has 1 saturated heterocycles. The van der Waals surface area contributed by atoms with Crippen molar-refractivity contribution in [2.24, 2.45) is 0 Å². The summed E-state index contributed by atoms with van der Waals surface area (Å²) in [6.07, 6.45) is 1.46. The van der Waals surface area contributed by atoms with E-state index in [2.05, 4.69) is 48.5 Å². The Morgan fingerprint density at radius 2 is 1.79 bits per heavy atom. The fourth-order valence-electron chi connectivity index (χ4n) is 5.15. The zero-order valence-electron chi connectivity index (χ0n) is 23.1. The number of hydrogen-bond acceptors (Lipinski definition) is 7. The highest BCUT2D eigenvalue weighted by atomic mass is 32.1. The number of cyclic esters (lactones) is 1. The Balaban J connectivity index is 1.13. The summed E-state index contributed by atoms with van der Waals surface area (Å²) in [6, 6.07) is 31.5. The average molecular weight is 579 g/mol. The quantitative estimate of drug-likeness (QED) is 0.172. The summed E-state index contributed by atoms with van der Waals surface area (Å²) in [4.78, 5) is 29.7. The van der Waals surface area contributed by atoms with Crippen molar-refractivity contribution in [2.75, 3.05) is 6.61 Å². The minimum atomic E-state index is -0.609. The van der Waals surface area contributed by atoms with E-state index in [0.717, 1.165) is 21.8 Å². The fraction of sp³-hybridized carbons (Fsp3) is 0.206. The van der Waals surface area contributed by atoms with E-state index in [4.69, 9.17) is 14.0 Å². The van der Waals surface area contributed by atoms with Crippen molar-refractivity contribution in [3.8, 4) is 16.2 Å². The Labute approximate surface area is 248 Å². The van der Waals surface area contributed by atoms with E-state index in [1.807, 2.05) is 54.6 Å². The molecule has 8 heteroatoms. The van der Waals surface area contributed by atoms with Crippen LogP contribution in [0.4, 0.5) is 4.79 Å². The number of carbonyl (C=O) groups is 2. The smallest absolute Gasteiger partial charge is 0.416 e. The van der Waals surface area contributed by atoms with Gasteiger partial charge in [-0.2, -0.15) is 0 Å². The minimum Gasteiger partial charge on any atom is -0.488 e. The summed E-state index contributed by atoms with van der Waals surface area (Å²) in [5.74, 6) is 0.0135. The lowest BCUT2D eigenvalue weighted by Gasteiger charge is -2.22. The van der Waals surface area contributed by atoms with Crippen LogP contribution in [-0.4, -0.2) is 34.7 Å². The molecule has 7 nitrogen and oxygen atoms in total. The van der Waals surface area contributed by atoms with Crippen molar-refractivity contribution >= 4 is 23.3 Å². The van der Waals surface area contributed by atoms with E-state index in [9.17, 15) is 9.59 Å². The van der Waals surface area contributed by atoms with Crippen molar-refractivity contribution in [1.82, 2.24) is 10.1 Å². The van der Waals surface area contributed by atoms with Crippen LogP contribution < -0.4 is 4.74 Å². The molecule has 1 fully saturated rings. The predicted molar refractivity (Wildman–Crippen MR) is 160 cm³/mol. The van der Waals surface area contributed by atoms with Crippen LogP contribution in [0.3, 0.4) is 0 Å². The highest BCUT2D eigenvalue weighted by molar-refractivity contribution is 7.15. The second-order valence-electron chi connectivity index (χ2n) is 10.4. The first-order valence-electron chi connectivity index (χ1n) is 13.8. The molecule has 3 heterocycles. The number of benzene rings is 3. The van der Waals surface area contributed by atoms with E-state index in [-0.39, 0.29) is 25.0 Å². The molecule has 6 rings (SSSR count). The molecule has 42 heavy (non-hydrogen) atoms. The SMILES string of the molecule is Cc1ccc(-c2ccc(COc3ccc([C@H](CC(=O)N4C(=O)OC[C@@H]4Cc4ccccc4)c4ccon4)cc3)s2)cc1. The van der Waals surface area contributed by atoms with Crippen molar-refractivity contribution in [3.63, 3.8) is 0 Å². The molecule has 2 amide bonds. The van der Waals surface area contributed by atoms with Crippen LogP contribution in [0.25, 0.3) is 10.4 Å². The third kappa shape index (κ3) is 6.29. The molecular weight excluding hydrogens is 548 g/mol. The molecule has 3 aromatic carbocycles. The van der Waals surface area contributed by atoms with Crippen molar-refractivity contribution in [1.29, 1.82) is 0 Å². The zero-order chi connectivity index (χ0) is 28.9. The molecule has 0 radical (unpaired) electrons. The Kier molecular flexibility index (Phi) is 8.14. The summed E-state index contributed by atoms with van der Waals surface area (Å²) >= 11 is 1.71. The molecule has 5 aromatic rings. The number of hydrogen-bond donors (Lipinski definition) is 0. The van der Waals surface area contributed by atoms with Gasteiger partial charge in [0.25, 0.3) is 0 Å². The Morgan fingerprint density at radius 1 is 1.00 bits per heavy atom. The van der Waals surface area contributed by atoms with Crippen LogP contribution in [0, 0.1) is 6.92 Å². The van der Waals surface area contributed by atoms with Gasteiger partial charge in [-0.05, 0) is 54.3 Å². The first-order chi connectivity index (χ1) is 20.5. The van der Waals surface area contributed by atoms with Crippen LogP contribution in [0.1, 0.15) is 39.6 Å². The maximum atomic E-state index is 13.5. The van der Waals surface area contributed by atoms with Gasteiger partial charge in [-0.25, -0.2) is 9.69 Å². The molecule has 1 aliphatic heterocycles. The van der Waals surface area contributed by atoms with Gasteiger partial charge in [-0.1, -0.05) is 77.5 Å². The molecule has 2 aromatic heterocycles. The molecule has 1 aliphatic rings. The van der Waals surface area contributed by atoms with Crippen LogP contribution in [0.15, 0.2) is 108 Å². The predicted octanol–water partition coefficient (Wildman–Crippen LogP) is 7.40. The molecule has 0 saturated carbocycles. The molecule has 0 bridgehead atoms. The van der Waals surface area contributed by atoms with Crippen molar-refractivity contribution in [3.05, 3.63) is 131 Å². The Bertz CT molecular complexity index is 1630. The van der Waals surface area contributed by atoms with Gasteiger partial charge in [-0.3, -0.25) is 4.79 Å². The third-order valence-electron chi connectivity index (χ3n) is 7.40. The van der Waals surface area contributed by atoms with E-state index in [1.54, 1.807) is 17.4 Å². The van der Waals surface area contributed by atoms with Gasteiger partial charge in [0.15, 0.2) is 0 Å². The monoisotopic (exact) mass is 578 g/mol. The largest absolute Gasteiger partial charge is 0.488 e. The minimum absolute atomic E-state index is 0.0457. The van der Waals surface area contributed by atoms with Gasteiger partial charge in [0.1, 0.15) is 25.2 Å². The van der Waals surface area contributed by atoms with Gasteiger partial charge in [0, 0.05) is 28.2 Å². The number of aryl methyl sites for hydroxylation is 1. The van der Waals surface area contributed by atoms with E-state index < -0.39 is 12.0 Å². The number of carbonyl (C=O) groups excluding carboxylic acids is 2. The summed E-state index contributed by atoms with van der Waals surface area (Å²) < 4.78 is 16.5. The lowest BCUT2D eigenvalue weighted by Crippen LogP contribution is -2.40. The molecule has 2 atom stereocenters. The van der Waals surface area contributed by atoms with Gasteiger partial charge in [-0.15, -0.1) is 11.3 Å². The first kappa shape index (κ1) is 27.5. The molecule has 0 unspecified atom stereocenters. The molecule has 0 N–H and O–H groups in total. The standard InChI is InChI=1S/C34H30N2O5S/c1-23-7-9-26(10-8-23)32-16-15-29(42-32)22-39-28-13-11-25(12-14-28)30(31-17-18-41-35-31)20-33(37)36-27(21-40-34(36)38)19-24-5-3-2-4-6-24/h2-18,27,30H,19-22H2,1H3/t27-,30-/m0/s1. The van der Waals surface area contributed by atoms with Gasteiger partial charge in [0.05, 0.1) is 11.7 Å². The van der Waals surface area contributed by atoms with Crippen LogP contribution >= 0.6 is 11.3 Å². The number of ether oxygens (including phenoxy) is 2. The molecule has 212 valence electrons. The van der Waals surface area contributed by atoms with Gasteiger partial charge in [0.2, 0.25) is 5.91 Å². The lowest BCUT2D eigenvalue weighted by molar-refractivity contribution is -0.129. The lowest BCUT2D eigenvalue weighted by atomic mass is 9.91. The summed E-state index contributed by atoms with van der Waals surface area (Å²) in [5.41, 5.74) is 4.96. The number of nitrogens with zero attached hydrogens (tertiary/aromatic N) is 2. The van der Waals surface area contributed by atoms with Gasteiger partial charge < -0.3 is 14.0 Å². The van der Waals surface area contributed by atoms with Crippen LogP contribution in [-0.2, 0) is 22.6 Å². The van der Waals surface area contributed by atoms with E-state index >= 15 is 0 Å². The third-order valence-corrected chi connectivity index (χ3v) is 8.51. The van der Waals surface area contributed by atoms with E-state index in [0.29, 0.717) is 18.7 Å². The summed E-state index contributed by atoms with van der Waals surface area (Å²) in [5, 5.41) is 4.12. The van der Waals surface area contributed by atoms with Gasteiger partial charge >= 0.3 is 6.09 Å². The number of thiophene rings is 1. The highest BCUT2D eigenvalue weighted by Crippen LogP contribution is 2.32. The summed E-state index contributed by atoms with van der Waals surface area (Å²) in [6.45, 7) is 2.72. The molecule has 0 spiro atoms. The highest BCUT2D eigenvalue weighted by Gasteiger charge is 2.39. The average Bonchev–Trinajstić information content (AvgIpc) is 3.78. The molecule has 0 aliphatic carbocycles. The topological polar surface area (TPSA) is 81.9 Å². The van der Waals surface area contributed by atoms with Crippen LogP contribution in [0.5, 0.6) is 5.75 Å². The van der Waals surface area contributed by atoms with E-state index in [1.165, 1.54) is 27.2 Å². The van der Waals surface area contributed by atoms with Crippen molar-refractivity contribution in [2.45, 2.75) is 38.3 Å². The summed E-state index contributed by atoms with van der Waals surface area (Å²) in [7, 11) is 0. The number of rotatable bonds is 10. The zero-order valence-corrected chi connectivity index (χ0v) is 24.0. The molecular formula is C34H30N2O5S. The fourth-order valence-corrected chi connectivity index (χ4v) is 6.08. The Morgan fingerprint density at radius 3 is 2.52 bits per heavy atom. The van der Waals surface area contributed by atoms with Crippen LogP contribution in [0.2, 0.25) is 0 Å². The maximum absolute atomic E-state index is 13.5. The van der Waals surface area contributed by atoms with Crippen molar-refractivity contribution < 1.29 is 23.6 Å². The first-order valence-corrected chi connectivity index (χ1v) is 14.7. The number of imide groups is 1.